The summed E-state index contributed by atoms with van der Waals surface area (Å²) in [5.74, 6) is 0. The number of hydrogen-bond donors (Lipinski definition) is 2. The van der Waals surface area contributed by atoms with Gasteiger partial charge in [-0.1, -0.05) is 12.1 Å². The molecule has 2 rings (SSSR count). The Morgan fingerprint density at radius 2 is 2.12 bits per heavy atom. The summed E-state index contributed by atoms with van der Waals surface area (Å²) in [6, 6.07) is 8.26. The number of nitrogens with zero attached hydrogens (tertiary/aromatic N) is 1. The molecule has 1 heterocycles. The Balaban J connectivity index is 0.00000128. The molecule has 0 bridgehead atoms. The molecule has 5 heteroatoms. The molecule has 3 nitrogen and oxygen atoms in total. The molecule has 1 saturated heterocycles. The first-order valence-electron chi connectivity index (χ1n) is 5.28. The summed E-state index contributed by atoms with van der Waals surface area (Å²) in [6.45, 7) is 1.70. The number of hydrogen-bond acceptors (Lipinski definition) is 3. The topological polar surface area (TPSA) is 50.4 Å². The van der Waals surface area contributed by atoms with Crippen molar-refractivity contribution >= 4 is 11.6 Å². The van der Waals surface area contributed by atoms with Crippen LogP contribution in [0.1, 0.15) is 18.4 Å². The molecule has 1 aliphatic rings. The summed E-state index contributed by atoms with van der Waals surface area (Å²) in [6.07, 6.45) is 2.73. The molecule has 0 aliphatic carbocycles. The van der Waals surface area contributed by atoms with E-state index >= 15 is 0 Å². The van der Waals surface area contributed by atoms with Crippen LogP contribution in [0.15, 0.2) is 33.5 Å². The molecule has 1 fully saturated rings. The largest absolute Gasteiger partial charge is 0.358 e. The maximum Gasteiger partial charge on any atom is 0.358 e. The average Bonchev–Trinajstić information content (AvgIpc) is 2.80. The van der Waals surface area contributed by atoms with Gasteiger partial charge in [0.2, 0.25) is 0 Å². The second kappa shape index (κ2) is 7.18. The van der Waals surface area contributed by atoms with Gasteiger partial charge in [0.05, 0.1) is 0 Å². The normalized spacial score (nSPS) is 19.9. The maximum absolute atomic E-state index is 5.53. The van der Waals surface area contributed by atoms with Gasteiger partial charge < -0.3 is 5.73 Å². The van der Waals surface area contributed by atoms with Crippen molar-refractivity contribution in [3.63, 3.8) is 0 Å². The van der Waals surface area contributed by atoms with Crippen molar-refractivity contribution < 1.29 is 19.5 Å². The number of rotatable bonds is 3. The van der Waals surface area contributed by atoms with Gasteiger partial charge in [-0.05, 0) is 29.3 Å². The van der Waals surface area contributed by atoms with Crippen LogP contribution in [0.4, 0.5) is 0 Å². The predicted molar refractivity (Wildman–Crippen MR) is 63.4 cm³/mol. The van der Waals surface area contributed by atoms with Crippen molar-refractivity contribution in [2.45, 2.75) is 30.4 Å². The molecule has 0 spiro atoms. The van der Waals surface area contributed by atoms with E-state index in [0.717, 1.165) is 13.0 Å². The van der Waals surface area contributed by atoms with Gasteiger partial charge in [0.15, 0.2) is 6.17 Å². The molecule has 0 amide bonds. The van der Waals surface area contributed by atoms with Crippen molar-refractivity contribution in [3.05, 3.63) is 29.8 Å². The molecule has 0 saturated carbocycles. The fourth-order valence-corrected chi connectivity index (χ4v) is 2.25. The van der Waals surface area contributed by atoms with Crippen LogP contribution in [0.25, 0.3) is 0 Å². The molecule has 89 valence electrons. The number of benzene rings is 1. The SMILES string of the molecule is NCc1ccc([S+]=NC2CCCN2)cc1.[Rh]. The quantitative estimate of drug-likeness (QED) is 0.653. The van der Waals surface area contributed by atoms with E-state index in [9.17, 15) is 0 Å². The third-order valence-corrected chi connectivity index (χ3v) is 3.32. The summed E-state index contributed by atoms with van der Waals surface area (Å²) < 4.78 is 4.52. The van der Waals surface area contributed by atoms with Gasteiger partial charge in [-0.25, -0.2) is 0 Å². The monoisotopic (exact) mass is 325 g/mol. The summed E-state index contributed by atoms with van der Waals surface area (Å²) in [5.41, 5.74) is 6.70. The van der Waals surface area contributed by atoms with Crippen LogP contribution in [0.3, 0.4) is 0 Å². The summed E-state index contributed by atoms with van der Waals surface area (Å²) >= 11 is 1.56. The molecule has 1 radical (unpaired) electrons. The first kappa shape index (κ1) is 13.8. The smallest absolute Gasteiger partial charge is 0.326 e. The van der Waals surface area contributed by atoms with Crippen LogP contribution in [-0.2, 0) is 37.6 Å². The minimum Gasteiger partial charge on any atom is -0.326 e. The van der Waals surface area contributed by atoms with Gasteiger partial charge >= 0.3 is 11.6 Å². The van der Waals surface area contributed by atoms with E-state index in [4.69, 9.17) is 5.73 Å². The Morgan fingerprint density at radius 3 is 2.69 bits per heavy atom. The Kier molecular flexibility index (Phi) is 6.21. The Hall–Kier alpha value is -0.217. The standard InChI is InChI=1S/C11H16N3S.Rh/c12-8-9-3-5-10(6-4-9)15-14-11-2-1-7-13-11;/h3-6,11,13H,1-2,7-8,12H2;/q+1;. The van der Waals surface area contributed by atoms with Crippen LogP contribution in [0, 0.1) is 0 Å². The zero-order chi connectivity index (χ0) is 10.5. The molecular weight excluding hydrogens is 309 g/mol. The van der Waals surface area contributed by atoms with Gasteiger partial charge in [-0.15, -0.1) is 0 Å². The molecular formula is C11H16N3RhS+. The van der Waals surface area contributed by atoms with E-state index in [0.29, 0.717) is 12.7 Å². The third-order valence-electron chi connectivity index (χ3n) is 2.48. The van der Waals surface area contributed by atoms with Gasteiger partial charge in [0, 0.05) is 38.2 Å². The maximum atomic E-state index is 5.53. The van der Waals surface area contributed by atoms with Gasteiger partial charge in [-0.2, -0.15) is 0 Å². The molecule has 1 aromatic rings. The van der Waals surface area contributed by atoms with E-state index in [1.807, 2.05) is 0 Å². The van der Waals surface area contributed by atoms with Crippen molar-refractivity contribution in [1.82, 2.24) is 5.32 Å². The van der Waals surface area contributed by atoms with Crippen LogP contribution in [0.5, 0.6) is 0 Å². The molecule has 3 N–H and O–H groups in total. The van der Waals surface area contributed by atoms with E-state index < -0.39 is 0 Å². The van der Waals surface area contributed by atoms with Crippen LogP contribution < -0.4 is 11.1 Å². The number of nitrogens with one attached hydrogen (secondary N) is 1. The Morgan fingerprint density at radius 1 is 1.38 bits per heavy atom. The van der Waals surface area contributed by atoms with Gasteiger partial charge in [0.1, 0.15) is 0 Å². The molecule has 1 unspecified atom stereocenters. The van der Waals surface area contributed by atoms with Crippen LogP contribution in [-0.4, -0.2) is 12.7 Å². The summed E-state index contributed by atoms with van der Waals surface area (Å²) in [7, 11) is 0. The zero-order valence-electron chi connectivity index (χ0n) is 8.98. The van der Waals surface area contributed by atoms with Crippen molar-refractivity contribution in [3.8, 4) is 0 Å². The van der Waals surface area contributed by atoms with E-state index in [1.165, 1.54) is 16.9 Å². The van der Waals surface area contributed by atoms with Crippen LogP contribution in [0.2, 0.25) is 0 Å². The molecule has 0 aromatic heterocycles. The van der Waals surface area contributed by atoms with Crippen LogP contribution >= 0.6 is 0 Å². The molecule has 1 aromatic carbocycles. The van der Waals surface area contributed by atoms with Crippen molar-refractivity contribution in [2.75, 3.05) is 6.54 Å². The summed E-state index contributed by atoms with van der Waals surface area (Å²) in [5, 5.41) is 3.34. The Bertz CT molecular complexity index is 334. The third kappa shape index (κ3) is 3.98. The van der Waals surface area contributed by atoms with Crippen molar-refractivity contribution in [1.29, 1.82) is 0 Å². The molecule has 1 atom stereocenters. The van der Waals surface area contributed by atoms with E-state index in [1.54, 1.807) is 11.6 Å². The van der Waals surface area contributed by atoms with Gasteiger partial charge in [-0.3, -0.25) is 5.32 Å². The second-order valence-electron chi connectivity index (χ2n) is 3.66. The second-order valence-corrected chi connectivity index (χ2v) is 4.52. The first-order chi connectivity index (χ1) is 7.38. The minimum absolute atomic E-state index is 0. The fraction of sp³-hybridized carbons (Fsp3) is 0.455. The van der Waals surface area contributed by atoms with Crippen molar-refractivity contribution in [2.24, 2.45) is 10.1 Å². The first-order valence-corrected chi connectivity index (χ1v) is 6.05. The summed E-state index contributed by atoms with van der Waals surface area (Å²) in [4.78, 5) is 1.18. The minimum atomic E-state index is 0. The zero-order valence-corrected chi connectivity index (χ0v) is 11.4. The molecule has 16 heavy (non-hydrogen) atoms. The number of nitrogens with two attached hydrogens (primary N) is 1. The van der Waals surface area contributed by atoms with E-state index in [-0.39, 0.29) is 19.5 Å². The molecule has 1 aliphatic heterocycles. The fourth-order valence-electron chi connectivity index (χ4n) is 1.57. The average molecular weight is 325 g/mol. The van der Waals surface area contributed by atoms with E-state index in [2.05, 4.69) is 33.9 Å². The Labute approximate surface area is 113 Å². The van der Waals surface area contributed by atoms with Gasteiger partial charge in [0.25, 0.3) is 4.90 Å². The predicted octanol–water partition coefficient (Wildman–Crippen LogP) is 1.48.